The predicted octanol–water partition coefficient (Wildman–Crippen LogP) is 3.50. The van der Waals surface area contributed by atoms with E-state index in [0.29, 0.717) is 11.0 Å². The van der Waals surface area contributed by atoms with Crippen LogP contribution in [0.3, 0.4) is 0 Å². The molecule has 0 fully saturated rings. The molecule has 1 N–H and O–H groups in total. The summed E-state index contributed by atoms with van der Waals surface area (Å²) in [5, 5.41) is 19.9. The Balaban J connectivity index is 1.47. The van der Waals surface area contributed by atoms with Gasteiger partial charge in [-0.25, -0.2) is 4.68 Å². The van der Waals surface area contributed by atoms with E-state index < -0.39 is 0 Å². The van der Waals surface area contributed by atoms with Gasteiger partial charge in [0, 0.05) is 6.07 Å². The molecule has 30 heavy (non-hydrogen) atoms. The fraction of sp³-hybridized carbons (Fsp3) is 0.190. The summed E-state index contributed by atoms with van der Waals surface area (Å²) in [5.41, 5.74) is 4.81. The first-order valence-corrected chi connectivity index (χ1v) is 10.4. The minimum Gasteiger partial charge on any atom is -0.310 e. The summed E-state index contributed by atoms with van der Waals surface area (Å²) in [6, 6.07) is 17.6. The molecule has 0 spiro atoms. The molecule has 8 nitrogen and oxygen atoms in total. The number of nitrogens with zero attached hydrogens (tertiary/aromatic N) is 6. The van der Waals surface area contributed by atoms with E-state index in [2.05, 4.69) is 25.9 Å². The molecule has 0 unspecified atom stereocenters. The molecule has 9 heteroatoms. The number of thioether (sulfide) groups is 1. The molecule has 2 aromatic carbocycles. The van der Waals surface area contributed by atoms with Crippen molar-refractivity contribution in [1.82, 2.24) is 30.0 Å². The van der Waals surface area contributed by atoms with Crippen molar-refractivity contribution in [1.29, 1.82) is 0 Å². The number of tetrazole rings is 1. The maximum Gasteiger partial charge on any atom is 0.236 e. The zero-order valence-electron chi connectivity index (χ0n) is 16.9. The number of benzene rings is 2. The van der Waals surface area contributed by atoms with Crippen molar-refractivity contribution in [2.75, 3.05) is 11.1 Å². The van der Waals surface area contributed by atoms with Crippen LogP contribution in [-0.4, -0.2) is 41.6 Å². The maximum absolute atomic E-state index is 12.6. The predicted molar refractivity (Wildman–Crippen MR) is 116 cm³/mol. The smallest absolute Gasteiger partial charge is 0.236 e. The van der Waals surface area contributed by atoms with E-state index in [-0.39, 0.29) is 11.7 Å². The highest BCUT2D eigenvalue weighted by Gasteiger charge is 2.15. The number of hydrogen-bond donors (Lipinski definition) is 1. The molecule has 2 heterocycles. The summed E-state index contributed by atoms with van der Waals surface area (Å²) in [5.74, 6) is 0.637. The quantitative estimate of drug-likeness (QED) is 0.481. The molecule has 0 saturated heterocycles. The molecule has 1 amide bonds. The SMILES string of the molecule is Cc1ccc(-n2nc(C)cc2NC(=O)CSc2nnnn2-c2ccccc2C)cc1. The molecule has 2 aromatic heterocycles. The molecule has 0 aliphatic rings. The average Bonchev–Trinajstić information content (AvgIpc) is 3.34. The van der Waals surface area contributed by atoms with Gasteiger partial charge in [-0.3, -0.25) is 4.79 Å². The number of carbonyl (C=O) groups excluding carboxylic acids is 1. The lowest BCUT2D eigenvalue weighted by atomic mass is 10.2. The Hall–Kier alpha value is -3.46. The standard InChI is InChI=1S/C21H21N7OS/c1-14-8-10-17(11-9-14)27-19(12-16(3)24-27)22-20(29)13-30-21-23-25-26-28(21)18-7-5-4-6-15(18)2/h4-12H,13H2,1-3H3,(H,22,29). The molecule has 0 radical (unpaired) electrons. The number of aromatic nitrogens is 6. The number of carbonyl (C=O) groups is 1. The van der Waals surface area contributed by atoms with E-state index in [1.807, 2.05) is 75.4 Å². The second-order valence-corrected chi connectivity index (χ2v) is 7.86. The molecular weight excluding hydrogens is 398 g/mol. The van der Waals surface area contributed by atoms with Gasteiger partial charge in [0.2, 0.25) is 11.1 Å². The summed E-state index contributed by atoms with van der Waals surface area (Å²) in [7, 11) is 0. The summed E-state index contributed by atoms with van der Waals surface area (Å²) < 4.78 is 3.38. The fourth-order valence-corrected chi connectivity index (χ4v) is 3.69. The molecule has 0 bridgehead atoms. The highest BCUT2D eigenvalue weighted by atomic mass is 32.2. The Morgan fingerprint density at radius 3 is 2.57 bits per heavy atom. The van der Waals surface area contributed by atoms with Crippen LogP contribution < -0.4 is 5.32 Å². The number of hydrogen-bond acceptors (Lipinski definition) is 6. The lowest BCUT2D eigenvalue weighted by Gasteiger charge is -2.09. The highest BCUT2D eigenvalue weighted by molar-refractivity contribution is 7.99. The summed E-state index contributed by atoms with van der Waals surface area (Å²) in [4.78, 5) is 12.6. The first kappa shape index (κ1) is 19.8. The Kier molecular flexibility index (Phi) is 5.62. The van der Waals surface area contributed by atoms with Crippen LogP contribution in [0.5, 0.6) is 0 Å². The van der Waals surface area contributed by atoms with Crippen molar-refractivity contribution < 1.29 is 4.79 Å². The second-order valence-electron chi connectivity index (χ2n) is 6.91. The van der Waals surface area contributed by atoms with Gasteiger partial charge in [0.05, 0.1) is 22.8 Å². The van der Waals surface area contributed by atoms with Crippen LogP contribution in [0.1, 0.15) is 16.8 Å². The molecule has 0 aliphatic heterocycles. The van der Waals surface area contributed by atoms with Crippen LogP contribution in [0.4, 0.5) is 5.82 Å². The number of rotatable bonds is 6. The molecule has 0 aliphatic carbocycles. The van der Waals surface area contributed by atoms with E-state index in [1.165, 1.54) is 11.8 Å². The number of nitrogens with one attached hydrogen (secondary N) is 1. The number of para-hydroxylation sites is 1. The number of aryl methyl sites for hydroxylation is 3. The van der Waals surface area contributed by atoms with E-state index in [1.54, 1.807) is 9.36 Å². The summed E-state index contributed by atoms with van der Waals surface area (Å²) in [6.45, 7) is 5.92. The van der Waals surface area contributed by atoms with Gasteiger partial charge in [-0.15, -0.1) is 5.10 Å². The summed E-state index contributed by atoms with van der Waals surface area (Å²) in [6.07, 6.45) is 0. The van der Waals surface area contributed by atoms with Crippen LogP contribution in [0.2, 0.25) is 0 Å². The largest absolute Gasteiger partial charge is 0.310 e. The Morgan fingerprint density at radius 1 is 1.03 bits per heavy atom. The third kappa shape index (κ3) is 4.25. The maximum atomic E-state index is 12.6. The van der Waals surface area contributed by atoms with Crippen LogP contribution in [-0.2, 0) is 4.79 Å². The topological polar surface area (TPSA) is 90.5 Å². The summed E-state index contributed by atoms with van der Waals surface area (Å²) >= 11 is 1.28. The van der Waals surface area contributed by atoms with E-state index in [4.69, 9.17) is 0 Å². The minimum absolute atomic E-state index is 0.160. The highest BCUT2D eigenvalue weighted by Crippen LogP contribution is 2.22. The fourth-order valence-electron chi connectivity index (χ4n) is 3.00. The van der Waals surface area contributed by atoms with Crippen molar-refractivity contribution in [2.24, 2.45) is 0 Å². The van der Waals surface area contributed by atoms with Crippen molar-refractivity contribution >= 4 is 23.5 Å². The van der Waals surface area contributed by atoms with E-state index in [9.17, 15) is 4.79 Å². The molecule has 4 aromatic rings. The van der Waals surface area contributed by atoms with Crippen molar-refractivity contribution in [3.63, 3.8) is 0 Å². The normalized spacial score (nSPS) is 10.9. The van der Waals surface area contributed by atoms with E-state index >= 15 is 0 Å². The zero-order valence-corrected chi connectivity index (χ0v) is 17.7. The van der Waals surface area contributed by atoms with Crippen molar-refractivity contribution in [3.05, 3.63) is 71.4 Å². The Bertz CT molecular complexity index is 1180. The lowest BCUT2D eigenvalue weighted by Crippen LogP contribution is -2.17. The first-order chi connectivity index (χ1) is 14.5. The molecule has 0 saturated carbocycles. The van der Waals surface area contributed by atoms with Gasteiger partial charge in [-0.1, -0.05) is 47.7 Å². The van der Waals surface area contributed by atoms with Crippen LogP contribution in [0.25, 0.3) is 11.4 Å². The van der Waals surface area contributed by atoms with Gasteiger partial charge < -0.3 is 5.32 Å². The first-order valence-electron chi connectivity index (χ1n) is 9.42. The molecule has 0 atom stereocenters. The van der Waals surface area contributed by atoms with Crippen LogP contribution >= 0.6 is 11.8 Å². The molecular formula is C21H21N7OS. The molecule has 152 valence electrons. The van der Waals surface area contributed by atoms with Gasteiger partial charge in [-0.2, -0.15) is 9.78 Å². The monoisotopic (exact) mass is 419 g/mol. The van der Waals surface area contributed by atoms with Gasteiger partial charge >= 0.3 is 0 Å². The van der Waals surface area contributed by atoms with Crippen LogP contribution in [0, 0.1) is 20.8 Å². The zero-order chi connectivity index (χ0) is 21.1. The third-order valence-electron chi connectivity index (χ3n) is 4.49. The minimum atomic E-state index is -0.160. The van der Waals surface area contributed by atoms with Gasteiger partial charge in [0.25, 0.3) is 0 Å². The average molecular weight is 420 g/mol. The lowest BCUT2D eigenvalue weighted by molar-refractivity contribution is -0.113. The van der Waals surface area contributed by atoms with Crippen molar-refractivity contribution in [3.8, 4) is 11.4 Å². The van der Waals surface area contributed by atoms with Crippen molar-refractivity contribution in [2.45, 2.75) is 25.9 Å². The Morgan fingerprint density at radius 2 is 1.80 bits per heavy atom. The van der Waals surface area contributed by atoms with Crippen LogP contribution in [0.15, 0.2) is 59.8 Å². The van der Waals surface area contributed by atoms with Gasteiger partial charge in [0.1, 0.15) is 5.82 Å². The third-order valence-corrected chi connectivity index (χ3v) is 5.41. The van der Waals surface area contributed by atoms with Gasteiger partial charge in [0.15, 0.2) is 0 Å². The van der Waals surface area contributed by atoms with E-state index in [0.717, 1.165) is 28.2 Å². The number of amides is 1. The Labute approximate surface area is 178 Å². The second kappa shape index (κ2) is 8.50. The molecule has 4 rings (SSSR count). The number of anilines is 1. The van der Waals surface area contributed by atoms with Gasteiger partial charge in [-0.05, 0) is 55.0 Å².